The van der Waals surface area contributed by atoms with Crippen LogP contribution in [0.5, 0.6) is 0 Å². The molecule has 29 heavy (non-hydrogen) atoms. The number of para-hydroxylation sites is 1. The number of H-pyrrole nitrogens is 1. The van der Waals surface area contributed by atoms with E-state index in [1.54, 1.807) is 24.3 Å². The van der Waals surface area contributed by atoms with E-state index < -0.39 is 10.0 Å². The van der Waals surface area contributed by atoms with E-state index in [1.165, 1.54) is 41.0 Å². The molecule has 146 valence electrons. The number of aromatic amines is 1. The summed E-state index contributed by atoms with van der Waals surface area (Å²) in [4.78, 5) is 15.8. The molecular weight excluding hydrogens is 434 g/mol. The van der Waals surface area contributed by atoms with Crippen LogP contribution < -0.4 is 10.3 Å². The van der Waals surface area contributed by atoms with Gasteiger partial charge < -0.3 is 4.98 Å². The first-order valence-corrected chi connectivity index (χ1v) is 10.5. The maximum absolute atomic E-state index is 12.8. The number of rotatable bonds is 4. The summed E-state index contributed by atoms with van der Waals surface area (Å²) in [5.74, 6) is 0.0340. The van der Waals surface area contributed by atoms with Crippen molar-refractivity contribution in [2.24, 2.45) is 0 Å². The minimum atomic E-state index is -3.90. The van der Waals surface area contributed by atoms with E-state index in [9.17, 15) is 13.2 Å². The summed E-state index contributed by atoms with van der Waals surface area (Å²) >= 11 is 11.0. The SMILES string of the molecule is O=c1c2ccccc2[nH]c(=S)n1-c1ccc(S(=O)(=O)Nc2ccc(Cl)nn2)cc1. The van der Waals surface area contributed by atoms with E-state index in [0.717, 1.165) is 0 Å². The Labute approximate surface area is 174 Å². The molecule has 2 aromatic carbocycles. The van der Waals surface area contributed by atoms with E-state index in [-0.39, 0.29) is 26.2 Å². The van der Waals surface area contributed by atoms with Gasteiger partial charge in [0.05, 0.1) is 21.5 Å². The molecule has 0 spiro atoms. The zero-order chi connectivity index (χ0) is 20.6. The van der Waals surface area contributed by atoms with Gasteiger partial charge in [-0.3, -0.25) is 14.1 Å². The average Bonchev–Trinajstić information content (AvgIpc) is 2.70. The summed E-state index contributed by atoms with van der Waals surface area (Å²) in [6.07, 6.45) is 0. The molecule has 11 heteroatoms. The van der Waals surface area contributed by atoms with Crippen molar-refractivity contribution in [3.05, 3.63) is 80.9 Å². The van der Waals surface area contributed by atoms with Gasteiger partial charge >= 0.3 is 0 Å². The number of halogens is 1. The third-order valence-electron chi connectivity index (χ3n) is 4.08. The van der Waals surface area contributed by atoms with Crippen molar-refractivity contribution in [1.82, 2.24) is 19.7 Å². The highest BCUT2D eigenvalue weighted by molar-refractivity contribution is 7.92. The van der Waals surface area contributed by atoms with Crippen molar-refractivity contribution < 1.29 is 8.42 Å². The van der Waals surface area contributed by atoms with E-state index in [1.807, 2.05) is 0 Å². The second kappa shape index (κ2) is 7.39. The Morgan fingerprint density at radius 2 is 1.72 bits per heavy atom. The van der Waals surface area contributed by atoms with Gasteiger partial charge in [-0.25, -0.2) is 8.42 Å². The molecule has 0 aliphatic rings. The van der Waals surface area contributed by atoms with Crippen LogP contribution in [-0.4, -0.2) is 28.2 Å². The van der Waals surface area contributed by atoms with Crippen molar-refractivity contribution in [3.63, 3.8) is 0 Å². The summed E-state index contributed by atoms with van der Waals surface area (Å²) < 4.78 is 28.9. The molecule has 0 aliphatic heterocycles. The number of hydrogen-bond donors (Lipinski definition) is 2. The Morgan fingerprint density at radius 3 is 2.41 bits per heavy atom. The van der Waals surface area contributed by atoms with Crippen molar-refractivity contribution >= 4 is 50.6 Å². The number of hydrogen-bond acceptors (Lipinski definition) is 6. The van der Waals surface area contributed by atoms with Gasteiger partial charge in [-0.2, -0.15) is 0 Å². The van der Waals surface area contributed by atoms with E-state index in [4.69, 9.17) is 23.8 Å². The van der Waals surface area contributed by atoms with Crippen molar-refractivity contribution in [2.75, 3.05) is 4.72 Å². The van der Waals surface area contributed by atoms with Gasteiger partial charge in [0.15, 0.2) is 15.7 Å². The smallest absolute Gasteiger partial charge is 0.266 e. The molecule has 0 unspecified atom stereocenters. The second-order valence-corrected chi connectivity index (χ2v) is 8.41. The lowest BCUT2D eigenvalue weighted by molar-refractivity contribution is 0.601. The highest BCUT2D eigenvalue weighted by Gasteiger charge is 2.16. The fourth-order valence-electron chi connectivity index (χ4n) is 2.74. The van der Waals surface area contributed by atoms with Gasteiger partial charge in [0.1, 0.15) is 0 Å². The lowest BCUT2D eigenvalue weighted by atomic mass is 10.2. The molecule has 2 heterocycles. The van der Waals surface area contributed by atoms with Crippen molar-refractivity contribution in [1.29, 1.82) is 0 Å². The standard InChI is InChI=1S/C18H12ClN5O3S2/c19-15-9-10-16(22-21-15)23-29(26,27)12-7-5-11(6-8-12)24-17(25)13-3-1-2-4-14(13)20-18(24)28/h1-10H,(H,20,28)(H,22,23). The van der Waals surface area contributed by atoms with Crippen LogP contribution in [0.3, 0.4) is 0 Å². The fraction of sp³-hybridized carbons (Fsp3) is 0. The van der Waals surface area contributed by atoms with Gasteiger partial charge in [0.25, 0.3) is 15.6 Å². The molecule has 2 aromatic heterocycles. The summed E-state index contributed by atoms with van der Waals surface area (Å²) in [6, 6.07) is 15.6. The van der Waals surface area contributed by atoms with Crippen LogP contribution in [0.15, 0.2) is 70.4 Å². The number of aromatic nitrogens is 4. The molecule has 0 saturated carbocycles. The third-order valence-corrected chi connectivity index (χ3v) is 5.94. The Kier molecular flexibility index (Phi) is 4.91. The molecule has 8 nitrogen and oxygen atoms in total. The minimum absolute atomic E-state index is 0.0123. The summed E-state index contributed by atoms with van der Waals surface area (Å²) in [6.45, 7) is 0. The van der Waals surface area contributed by atoms with Gasteiger partial charge in [0, 0.05) is 0 Å². The normalized spacial score (nSPS) is 11.5. The molecule has 0 aliphatic carbocycles. The zero-order valence-corrected chi connectivity index (χ0v) is 16.9. The minimum Gasteiger partial charge on any atom is -0.331 e. The van der Waals surface area contributed by atoms with Gasteiger partial charge in [-0.05, 0) is 60.7 Å². The molecular formula is C18H12ClN5O3S2. The van der Waals surface area contributed by atoms with Gasteiger partial charge in [-0.1, -0.05) is 23.7 Å². The van der Waals surface area contributed by atoms with Crippen LogP contribution in [-0.2, 0) is 10.0 Å². The molecule has 2 N–H and O–H groups in total. The van der Waals surface area contributed by atoms with Crippen LogP contribution in [0.4, 0.5) is 5.82 Å². The maximum atomic E-state index is 12.8. The number of benzene rings is 2. The first-order chi connectivity index (χ1) is 13.8. The predicted octanol–water partition coefficient (Wildman–Crippen LogP) is 3.29. The second-order valence-electron chi connectivity index (χ2n) is 5.96. The topological polar surface area (TPSA) is 110 Å². The molecule has 4 rings (SSSR count). The predicted molar refractivity (Wildman–Crippen MR) is 113 cm³/mol. The third kappa shape index (κ3) is 3.77. The maximum Gasteiger partial charge on any atom is 0.266 e. The van der Waals surface area contributed by atoms with Crippen LogP contribution in [0.1, 0.15) is 0 Å². The molecule has 0 radical (unpaired) electrons. The number of fused-ring (bicyclic) bond motifs is 1. The van der Waals surface area contributed by atoms with Crippen molar-refractivity contribution in [3.8, 4) is 5.69 Å². The lowest BCUT2D eigenvalue weighted by Crippen LogP contribution is -2.20. The Hall–Kier alpha value is -3.08. The fourth-order valence-corrected chi connectivity index (χ4v) is 4.13. The quantitative estimate of drug-likeness (QED) is 0.466. The molecule has 0 bridgehead atoms. The summed E-state index contributed by atoms with van der Waals surface area (Å²) in [5, 5.41) is 7.88. The lowest BCUT2D eigenvalue weighted by Gasteiger charge is -2.10. The largest absolute Gasteiger partial charge is 0.331 e. The Bertz CT molecular complexity index is 1430. The van der Waals surface area contributed by atoms with Crippen LogP contribution in [0, 0.1) is 4.77 Å². The van der Waals surface area contributed by atoms with Crippen LogP contribution in [0.2, 0.25) is 5.15 Å². The Morgan fingerprint density at radius 1 is 1.00 bits per heavy atom. The molecule has 0 atom stereocenters. The molecule has 4 aromatic rings. The number of nitrogens with zero attached hydrogens (tertiary/aromatic N) is 3. The first-order valence-electron chi connectivity index (χ1n) is 8.22. The average molecular weight is 446 g/mol. The van der Waals surface area contributed by atoms with Crippen LogP contribution >= 0.6 is 23.8 Å². The van der Waals surface area contributed by atoms with Crippen LogP contribution in [0.25, 0.3) is 16.6 Å². The van der Waals surface area contributed by atoms with Gasteiger partial charge in [0.2, 0.25) is 0 Å². The van der Waals surface area contributed by atoms with E-state index >= 15 is 0 Å². The number of nitrogens with one attached hydrogen (secondary N) is 2. The summed E-state index contributed by atoms with van der Waals surface area (Å²) in [5.41, 5.74) is 0.771. The number of anilines is 1. The number of sulfonamides is 1. The zero-order valence-electron chi connectivity index (χ0n) is 14.5. The van der Waals surface area contributed by atoms with E-state index in [0.29, 0.717) is 16.6 Å². The highest BCUT2D eigenvalue weighted by Crippen LogP contribution is 2.17. The highest BCUT2D eigenvalue weighted by atomic mass is 35.5. The monoisotopic (exact) mass is 445 g/mol. The molecule has 0 fully saturated rings. The first kappa shape index (κ1) is 19.2. The van der Waals surface area contributed by atoms with E-state index in [2.05, 4.69) is 19.9 Å². The summed E-state index contributed by atoms with van der Waals surface area (Å²) in [7, 11) is -3.90. The molecule has 0 amide bonds. The molecule has 0 saturated heterocycles. The van der Waals surface area contributed by atoms with Crippen molar-refractivity contribution in [2.45, 2.75) is 4.90 Å². The van der Waals surface area contributed by atoms with Gasteiger partial charge in [-0.15, -0.1) is 10.2 Å². The Balaban J connectivity index is 1.71.